The standard InChI is InChI=1S/C26H37ClN3O3/c1-17-14-22-21(9-8-19(3)26(22,32)15-23(17)33-20(4)31)18(2)16-29-10-12-30(13-11-29)25-7-5-6-24(27)28-25/h5-7,14-15,18-19,21-23,32H,8-13,16H2,1-4H3/t18?,19-,21+,22-,23-,26-/m1/s1. The fourth-order valence-corrected chi connectivity index (χ4v) is 6.19. The van der Waals surface area contributed by atoms with Crippen molar-refractivity contribution >= 4 is 23.4 Å². The van der Waals surface area contributed by atoms with Crippen molar-refractivity contribution in [3.05, 3.63) is 41.4 Å². The van der Waals surface area contributed by atoms with Gasteiger partial charge in [0.1, 0.15) is 17.1 Å². The highest BCUT2D eigenvalue weighted by molar-refractivity contribution is 6.29. The molecule has 0 spiro atoms. The average Bonchev–Trinajstić information content (AvgIpc) is 2.76. The molecule has 33 heavy (non-hydrogen) atoms. The highest BCUT2D eigenvalue weighted by Gasteiger charge is 2.53. The summed E-state index contributed by atoms with van der Waals surface area (Å²) in [5.41, 5.74) is 0.0853. The van der Waals surface area contributed by atoms with Crippen LogP contribution in [0.2, 0.25) is 5.15 Å². The third kappa shape index (κ3) is 5.23. The molecule has 2 aliphatic carbocycles. The summed E-state index contributed by atoms with van der Waals surface area (Å²) in [6, 6.07) is 5.78. The molecule has 6 atom stereocenters. The number of nitrogens with zero attached hydrogens (tertiary/aromatic N) is 3. The topological polar surface area (TPSA) is 65.9 Å². The maximum absolute atomic E-state index is 11.7. The van der Waals surface area contributed by atoms with Crippen LogP contribution in [0.3, 0.4) is 0 Å². The van der Waals surface area contributed by atoms with Gasteiger partial charge in [-0.05, 0) is 55.2 Å². The van der Waals surface area contributed by atoms with Gasteiger partial charge in [-0.15, -0.1) is 0 Å². The second-order valence-corrected chi connectivity index (χ2v) is 10.6. The van der Waals surface area contributed by atoms with E-state index in [0.717, 1.165) is 57.0 Å². The van der Waals surface area contributed by atoms with Gasteiger partial charge in [0.25, 0.3) is 0 Å². The summed E-state index contributed by atoms with van der Waals surface area (Å²) in [5, 5.41) is 12.3. The van der Waals surface area contributed by atoms with Crippen LogP contribution in [0.4, 0.5) is 5.82 Å². The van der Waals surface area contributed by atoms with E-state index in [-0.39, 0.29) is 17.8 Å². The zero-order valence-corrected chi connectivity index (χ0v) is 21.0. The summed E-state index contributed by atoms with van der Waals surface area (Å²) in [4.78, 5) is 20.8. The molecule has 6 nitrogen and oxygen atoms in total. The zero-order chi connectivity index (χ0) is 23.8. The number of aliphatic hydroxyl groups is 1. The maximum Gasteiger partial charge on any atom is 0.303 e. The number of hydrogen-bond acceptors (Lipinski definition) is 6. The first-order valence-corrected chi connectivity index (χ1v) is 12.6. The third-order valence-electron chi connectivity index (χ3n) is 7.99. The molecule has 1 unspecified atom stereocenters. The number of pyridine rings is 1. The van der Waals surface area contributed by atoms with Crippen LogP contribution in [0.1, 0.15) is 40.5 Å². The van der Waals surface area contributed by atoms with E-state index in [9.17, 15) is 9.90 Å². The number of piperazine rings is 1. The van der Waals surface area contributed by atoms with Gasteiger partial charge in [0.2, 0.25) is 0 Å². The fourth-order valence-electron chi connectivity index (χ4n) is 6.03. The molecule has 0 bridgehead atoms. The number of anilines is 1. The minimum absolute atomic E-state index is 0.0556. The number of carbonyl (C=O) groups excluding carboxylic acids is 1. The molecule has 1 N–H and O–H groups in total. The second kappa shape index (κ2) is 9.93. The van der Waals surface area contributed by atoms with Gasteiger partial charge in [-0.3, -0.25) is 9.69 Å². The van der Waals surface area contributed by atoms with Crippen LogP contribution in [0.5, 0.6) is 0 Å². The number of hydrogen-bond donors (Lipinski definition) is 1. The quantitative estimate of drug-likeness (QED) is 0.395. The lowest BCUT2D eigenvalue weighted by Crippen LogP contribution is -2.57. The van der Waals surface area contributed by atoms with Crippen molar-refractivity contribution in [2.24, 2.45) is 23.7 Å². The Hall–Kier alpha value is -1.63. The van der Waals surface area contributed by atoms with E-state index in [1.807, 2.05) is 31.5 Å². The minimum atomic E-state index is -0.937. The van der Waals surface area contributed by atoms with E-state index in [0.29, 0.717) is 17.0 Å². The van der Waals surface area contributed by atoms with Gasteiger partial charge in [0, 0.05) is 52.0 Å². The first-order chi connectivity index (χ1) is 15.7. The Morgan fingerprint density at radius 3 is 2.70 bits per heavy atom. The van der Waals surface area contributed by atoms with Crippen LogP contribution in [-0.4, -0.2) is 65.4 Å². The number of rotatable bonds is 5. The van der Waals surface area contributed by atoms with Crippen molar-refractivity contribution in [1.29, 1.82) is 0 Å². The van der Waals surface area contributed by atoms with E-state index in [4.69, 9.17) is 16.3 Å². The summed E-state index contributed by atoms with van der Waals surface area (Å²) >= 11 is 6.07. The summed E-state index contributed by atoms with van der Waals surface area (Å²) in [6.07, 6.45) is 5.74. The number of carbonyl (C=O) groups is 1. The fraction of sp³-hybridized carbons (Fsp3) is 0.654. The van der Waals surface area contributed by atoms with Crippen LogP contribution >= 0.6 is 11.6 Å². The predicted octanol–water partition coefficient (Wildman–Crippen LogP) is 3.98. The molecular formula is C26H37ClN3O3. The molecule has 4 rings (SSSR count). The average molecular weight is 475 g/mol. The summed E-state index contributed by atoms with van der Waals surface area (Å²) in [6.45, 7) is 12.8. The van der Waals surface area contributed by atoms with Crippen LogP contribution in [0, 0.1) is 30.1 Å². The van der Waals surface area contributed by atoms with Gasteiger partial charge < -0.3 is 14.7 Å². The summed E-state index contributed by atoms with van der Waals surface area (Å²) < 4.78 is 5.49. The number of ether oxygens (including phenoxy) is 1. The minimum Gasteiger partial charge on any atom is -0.458 e. The SMILES string of the molecule is CC(=O)O[C@@H]1[CH][C@@]2(O)[C@H](C)CC[C@@H](C(C)CN3CCN(c4cccc(Cl)n4)CC3)[C@H]2C=C1C. The largest absolute Gasteiger partial charge is 0.458 e. The van der Waals surface area contributed by atoms with Crippen molar-refractivity contribution in [1.82, 2.24) is 9.88 Å². The Balaban J connectivity index is 1.40. The third-order valence-corrected chi connectivity index (χ3v) is 8.20. The number of halogens is 1. The molecule has 2 fully saturated rings. The Morgan fingerprint density at radius 1 is 1.30 bits per heavy atom. The zero-order valence-electron chi connectivity index (χ0n) is 20.2. The molecule has 0 amide bonds. The lowest BCUT2D eigenvalue weighted by Gasteiger charge is -2.53. The first-order valence-electron chi connectivity index (χ1n) is 12.2. The highest BCUT2D eigenvalue weighted by Crippen LogP contribution is 2.50. The number of fused-ring (bicyclic) bond motifs is 1. The van der Waals surface area contributed by atoms with Gasteiger partial charge in [-0.25, -0.2) is 4.98 Å². The van der Waals surface area contributed by atoms with Gasteiger partial charge in [-0.2, -0.15) is 0 Å². The molecule has 1 aromatic rings. The Morgan fingerprint density at radius 2 is 2.03 bits per heavy atom. The highest BCUT2D eigenvalue weighted by atomic mass is 35.5. The van der Waals surface area contributed by atoms with Gasteiger partial charge in [0.05, 0.1) is 5.60 Å². The van der Waals surface area contributed by atoms with Gasteiger partial charge in [-0.1, -0.05) is 37.6 Å². The Kier molecular flexibility index (Phi) is 7.37. The molecule has 1 aromatic heterocycles. The molecule has 181 valence electrons. The molecule has 3 aliphatic rings. The molecule has 1 saturated heterocycles. The van der Waals surface area contributed by atoms with Crippen molar-refractivity contribution < 1.29 is 14.6 Å². The normalized spacial score (nSPS) is 33.8. The lowest BCUT2D eigenvalue weighted by molar-refractivity contribution is -0.148. The van der Waals surface area contributed by atoms with Crippen molar-refractivity contribution in [3.63, 3.8) is 0 Å². The van der Waals surface area contributed by atoms with Crippen molar-refractivity contribution in [3.8, 4) is 0 Å². The molecule has 1 aliphatic heterocycles. The molecular weight excluding hydrogens is 438 g/mol. The predicted molar refractivity (Wildman–Crippen MR) is 131 cm³/mol. The molecule has 0 aromatic carbocycles. The first kappa shape index (κ1) is 24.5. The van der Waals surface area contributed by atoms with Crippen molar-refractivity contribution in [2.75, 3.05) is 37.6 Å². The second-order valence-electron chi connectivity index (χ2n) is 10.2. The van der Waals surface area contributed by atoms with E-state index in [1.54, 1.807) is 0 Å². The van der Waals surface area contributed by atoms with Crippen LogP contribution in [-0.2, 0) is 9.53 Å². The molecule has 2 heterocycles. The summed E-state index contributed by atoms with van der Waals surface area (Å²) in [7, 11) is 0. The summed E-state index contributed by atoms with van der Waals surface area (Å²) in [5.74, 6) is 1.67. The Bertz CT molecular complexity index is 885. The van der Waals surface area contributed by atoms with Crippen molar-refractivity contribution in [2.45, 2.75) is 52.2 Å². The van der Waals surface area contributed by atoms with E-state index < -0.39 is 11.7 Å². The van der Waals surface area contributed by atoms with Gasteiger partial charge >= 0.3 is 5.97 Å². The van der Waals surface area contributed by atoms with Gasteiger partial charge in [0.15, 0.2) is 0 Å². The van der Waals surface area contributed by atoms with Crippen LogP contribution in [0.15, 0.2) is 29.8 Å². The monoisotopic (exact) mass is 474 g/mol. The Labute approximate surface area is 202 Å². The lowest BCUT2D eigenvalue weighted by atomic mass is 9.57. The van der Waals surface area contributed by atoms with E-state index in [1.165, 1.54) is 6.92 Å². The molecule has 1 radical (unpaired) electrons. The number of esters is 1. The molecule has 1 saturated carbocycles. The number of aromatic nitrogens is 1. The van der Waals surface area contributed by atoms with E-state index >= 15 is 0 Å². The van der Waals surface area contributed by atoms with E-state index in [2.05, 4.69) is 34.7 Å². The van der Waals surface area contributed by atoms with Crippen LogP contribution < -0.4 is 4.90 Å². The van der Waals surface area contributed by atoms with Crippen LogP contribution in [0.25, 0.3) is 0 Å². The smallest absolute Gasteiger partial charge is 0.303 e. The maximum atomic E-state index is 11.7. The molecule has 7 heteroatoms.